The molecule has 4 heteroatoms. The minimum atomic E-state index is -0.774. The molecule has 0 aromatic heterocycles. The van der Waals surface area contributed by atoms with Gasteiger partial charge in [-0.3, -0.25) is 4.79 Å². The molecule has 0 aromatic carbocycles. The maximum Gasteiger partial charge on any atom is 0.307 e. The van der Waals surface area contributed by atoms with E-state index in [2.05, 4.69) is 5.32 Å². The molecule has 3 N–H and O–H groups in total. The zero-order chi connectivity index (χ0) is 12.2. The molecule has 2 unspecified atom stereocenters. The SMILES string of the molecule is CC(NCC1(CO)CCCC1)C(C)C(=O)O. The van der Waals surface area contributed by atoms with Gasteiger partial charge in [0.15, 0.2) is 0 Å². The van der Waals surface area contributed by atoms with E-state index in [1.54, 1.807) is 6.92 Å². The average Bonchev–Trinajstić information content (AvgIpc) is 2.74. The average molecular weight is 229 g/mol. The maximum atomic E-state index is 10.8. The molecule has 0 spiro atoms. The van der Waals surface area contributed by atoms with Crippen LogP contribution < -0.4 is 5.32 Å². The van der Waals surface area contributed by atoms with Gasteiger partial charge in [0.1, 0.15) is 0 Å². The Kier molecular flexibility index (Phi) is 4.74. The van der Waals surface area contributed by atoms with Crippen LogP contribution in [0.2, 0.25) is 0 Å². The number of carbonyl (C=O) groups is 1. The van der Waals surface area contributed by atoms with E-state index in [-0.39, 0.29) is 18.1 Å². The molecule has 1 saturated carbocycles. The summed E-state index contributed by atoms with van der Waals surface area (Å²) < 4.78 is 0. The molecule has 0 aromatic rings. The minimum Gasteiger partial charge on any atom is -0.481 e. The quantitative estimate of drug-likeness (QED) is 0.641. The third-order valence-corrected chi connectivity index (χ3v) is 3.94. The molecule has 1 aliphatic carbocycles. The summed E-state index contributed by atoms with van der Waals surface area (Å²) in [7, 11) is 0. The van der Waals surface area contributed by atoms with Crippen molar-refractivity contribution in [1.29, 1.82) is 0 Å². The smallest absolute Gasteiger partial charge is 0.307 e. The normalized spacial score (nSPS) is 22.9. The summed E-state index contributed by atoms with van der Waals surface area (Å²) in [6.07, 6.45) is 4.44. The summed E-state index contributed by atoms with van der Waals surface area (Å²) in [5.41, 5.74) is -0.00746. The van der Waals surface area contributed by atoms with Crippen molar-refractivity contribution >= 4 is 5.97 Å². The van der Waals surface area contributed by atoms with Crippen LogP contribution >= 0.6 is 0 Å². The van der Waals surface area contributed by atoms with Crippen LogP contribution in [0.3, 0.4) is 0 Å². The molecule has 0 saturated heterocycles. The first-order valence-corrected chi connectivity index (χ1v) is 6.08. The number of aliphatic carboxylic acids is 1. The summed E-state index contributed by atoms with van der Waals surface area (Å²) in [6.45, 7) is 4.52. The predicted molar refractivity (Wildman–Crippen MR) is 62.3 cm³/mol. The van der Waals surface area contributed by atoms with E-state index in [9.17, 15) is 9.90 Å². The zero-order valence-electron chi connectivity index (χ0n) is 10.2. The van der Waals surface area contributed by atoms with Crippen molar-refractivity contribution in [3.63, 3.8) is 0 Å². The van der Waals surface area contributed by atoms with E-state index in [1.807, 2.05) is 6.92 Å². The molecule has 0 amide bonds. The molecule has 16 heavy (non-hydrogen) atoms. The van der Waals surface area contributed by atoms with Gasteiger partial charge >= 0.3 is 5.97 Å². The first-order chi connectivity index (χ1) is 7.51. The van der Waals surface area contributed by atoms with Crippen LogP contribution in [0.25, 0.3) is 0 Å². The Bertz CT molecular complexity index is 236. The third-order valence-electron chi connectivity index (χ3n) is 3.94. The van der Waals surface area contributed by atoms with Gasteiger partial charge in [0, 0.05) is 24.6 Å². The molecule has 1 aliphatic rings. The number of aliphatic hydroxyl groups excluding tert-OH is 1. The Hall–Kier alpha value is -0.610. The van der Waals surface area contributed by atoms with E-state index in [0.29, 0.717) is 0 Å². The van der Waals surface area contributed by atoms with Crippen LogP contribution in [0, 0.1) is 11.3 Å². The second kappa shape index (κ2) is 5.64. The Morgan fingerprint density at radius 1 is 1.38 bits per heavy atom. The molecule has 1 rings (SSSR count). The van der Waals surface area contributed by atoms with Crippen molar-refractivity contribution in [2.24, 2.45) is 11.3 Å². The topological polar surface area (TPSA) is 69.6 Å². The highest BCUT2D eigenvalue weighted by molar-refractivity contribution is 5.70. The fourth-order valence-corrected chi connectivity index (χ4v) is 2.28. The van der Waals surface area contributed by atoms with Gasteiger partial charge in [-0.1, -0.05) is 19.8 Å². The fraction of sp³-hybridized carbons (Fsp3) is 0.917. The molecular weight excluding hydrogens is 206 g/mol. The lowest BCUT2D eigenvalue weighted by Gasteiger charge is -2.29. The summed E-state index contributed by atoms with van der Waals surface area (Å²) in [4.78, 5) is 10.8. The van der Waals surface area contributed by atoms with Crippen molar-refractivity contribution in [3.05, 3.63) is 0 Å². The van der Waals surface area contributed by atoms with Gasteiger partial charge < -0.3 is 15.5 Å². The third kappa shape index (κ3) is 3.19. The van der Waals surface area contributed by atoms with Gasteiger partial charge in [0.05, 0.1) is 5.92 Å². The number of hydrogen-bond acceptors (Lipinski definition) is 3. The molecule has 1 fully saturated rings. The highest BCUT2D eigenvalue weighted by Gasteiger charge is 2.33. The summed E-state index contributed by atoms with van der Waals surface area (Å²) in [5.74, 6) is -1.17. The number of rotatable bonds is 6. The largest absolute Gasteiger partial charge is 0.481 e. The number of hydrogen-bond donors (Lipinski definition) is 3. The van der Waals surface area contributed by atoms with Gasteiger partial charge in [-0.05, 0) is 19.8 Å². The van der Waals surface area contributed by atoms with E-state index in [0.717, 1.165) is 19.4 Å². The summed E-state index contributed by atoms with van der Waals surface area (Å²) in [6, 6.07) is -0.0541. The Balaban J connectivity index is 2.40. The highest BCUT2D eigenvalue weighted by atomic mass is 16.4. The number of nitrogens with one attached hydrogen (secondary N) is 1. The van der Waals surface area contributed by atoms with Crippen molar-refractivity contribution < 1.29 is 15.0 Å². The zero-order valence-corrected chi connectivity index (χ0v) is 10.2. The van der Waals surface area contributed by atoms with Crippen molar-refractivity contribution in [3.8, 4) is 0 Å². The van der Waals surface area contributed by atoms with Gasteiger partial charge in [0.2, 0.25) is 0 Å². The van der Waals surface area contributed by atoms with Gasteiger partial charge in [-0.15, -0.1) is 0 Å². The van der Waals surface area contributed by atoms with Gasteiger partial charge in [-0.2, -0.15) is 0 Å². The lowest BCUT2D eigenvalue weighted by Crippen LogP contribution is -2.43. The second-order valence-electron chi connectivity index (χ2n) is 5.16. The Labute approximate surface area is 97.0 Å². The molecule has 0 heterocycles. The van der Waals surface area contributed by atoms with Crippen LogP contribution in [0.5, 0.6) is 0 Å². The van der Waals surface area contributed by atoms with Crippen LogP contribution in [0.15, 0.2) is 0 Å². The molecule has 94 valence electrons. The molecule has 0 radical (unpaired) electrons. The maximum absolute atomic E-state index is 10.8. The standard InChI is InChI=1S/C12H23NO3/c1-9(11(15)16)10(2)13-7-12(8-14)5-3-4-6-12/h9-10,13-14H,3-8H2,1-2H3,(H,15,16). The molecular formula is C12H23NO3. The lowest BCUT2D eigenvalue weighted by molar-refractivity contribution is -0.142. The summed E-state index contributed by atoms with van der Waals surface area (Å²) in [5, 5.41) is 21.6. The van der Waals surface area contributed by atoms with E-state index in [4.69, 9.17) is 5.11 Å². The Morgan fingerprint density at radius 2 is 1.94 bits per heavy atom. The highest BCUT2D eigenvalue weighted by Crippen LogP contribution is 2.37. The predicted octanol–water partition coefficient (Wildman–Crippen LogP) is 1.24. The van der Waals surface area contributed by atoms with Crippen LogP contribution in [-0.4, -0.2) is 35.4 Å². The van der Waals surface area contributed by atoms with Crippen LogP contribution in [0.1, 0.15) is 39.5 Å². The molecule has 2 atom stereocenters. The van der Waals surface area contributed by atoms with Gasteiger partial charge in [0.25, 0.3) is 0 Å². The molecule has 0 bridgehead atoms. The second-order valence-corrected chi connectivity index (χ2v) is 5.16. The molecule has 0 aliphatic heterocycles. The van der Waals surface area contributed by atoms with E-state index < -0.39 is 11.9 Å². The number of aliphatic hydroxyl groups is 1. The first kappa shape index (κ1) is 13.5. The lowest BCUT2D eigenvalue weighted by atomic mass is 9.86. The van der Waals surface area contributed by atoms with E-state index >= 15 is 0 Å². The molecule has 4 nitrogen and oxygen atoms in total. The monoisotopic (exact) mass is 229 g/mol. The first-order valence-electron chi connectivity index (χ1n) is 6.08. The van der Waals surface area contributed by atoms with Gasteiger partial charge in [-0.25, -0.2) is 0 Å². The number of carboxylic acid groups (broad SMARTS) is 1. The fourth-order valence-electron chi connectivity index (χ4n) is 2.28. The van der Waals surface area contributed by atoms with Crippen LogP contribution in [0.4, 0.5) is 0 Å². The summed E-state index contributed by atoms with van der Waals surface area (Å²) >= 11 is 0. The van der Waals surface area contributed by atoms with Crippen molar-refractivity contribution in [1.82, 2.24) is 5.32 Å². The van der Waals surface area contributed by atoms with Crippen LogP contribution in [-0.2, 0) is 4.79 Å². The van der Waals surface area contributed by atoms with E-state index in [1.165, 1.54) is 12.8 Å². The minimum absolute atomic E-state index is 0.00746. The van der Waals surface area contributed by atoms with Crippen molar-refractivity contribution in [2.45, 2.75) is 45.6 Å². The number of carboxylic acids is 1. The van der Waals surface area contributed by atoms with Crippen molar-refractivity contribution in [2.75, 3.05) is 13.2 Å². The Morgan fingerprint density at radius 3 is 2.38 bits per heavy atom.